The molecule has 2 aromatic carbocycles. The minimum absolute atomic E-state index is 0.327. The zero-order valence-electron chi connectivity index (χ0n) is 27.0. The largest absolute Gasteiger partial charge is 0.371 e. The predicted octanol–water partition coefficient (Wildman–Crippen LogP) is 8.82. The normalized spacial score (nSPS) is 21.2. The second-order valence-electron chi connectivity index (χ2n) is 14.2. The second-order valence-corrected chi connectivity index (χ2v) is 15.1. The SMILES string of the molecule is Clc1ccc2c(N3CCCC3)cc[n+](C3(CCC4([n+]5ccc(N6CCCC6)c6ccc(Cl)cc65)C5=CC=C4C=C5)C4=CC=C3C=C4)c2c1. The van der Waals surface area contributed by atoms with Crippen LogP contribution in [0, 0.1) is 0 Å². The number of anilines is 2. The molecular weight excluding hydrogens is 631 g/mol. The minimum Gasteiger partial charge on any atom is -0.371 e. The maximum Gasteiger partial charge on any atom is 0.219 e. The van der Waals surface area contributed by atoms with Crippen LogP contribution in [0.5, 0.6) is 0 Å². The summed E-state index contributed by atoms with van der Waals surface area (Å²) in [5, 5.41) is 4.08. The number of fused-ring (bicyclic) bond motifs is 6. The number of allylic oxidation sites excluding steroid dienone is 12. The number of aromatic nitrogens is 2. The number of hydrogen-bond donors (Lipinski definition) is 0. The van der Waals surface area contributed by atoms with Crippen LogP contribution in [0.4, 0.5) is 11.4 Å². The van der Waals surface area contributed by atoms with E-state index < -0.39 is 0 Å². The summed E-state index contributed by atoms with van der Waals surface area (Å²) in [6.45, 7) is 4.43. The molecule has 2 fully saturated rings. The molecule has 0 spiro atoms. The molecule has 2 aromatic heterocycles. The van der Waals surface area contributed by atoms with Crippen LogP contribution in [-0.2, 0) is 11.1 Å². The number of rotatable bonds is 7. The number of hydrogen-bond acceptors (Lipinski definition) is 2. The molecule has 2 aliphatic heterocycles. The van der Waals surface area contributed by atoms with Crippen LogP contribution in [0.3, 0.4) is 0 Å². The lowest BCUT2D eigenvalue weighted by Gasteiger charge is -2.32. The smallest absolute Gasteiger partial charge is 0.219 e. The van der Waals surface area contributed by atoms with E-state index in [0.717, 1.165) is 49.1 Å². The summed E-state index contributed by atoms with van der Waals surface area (Å²) in [7, 11) is 0. The fraction of sp³-hybridized carbons (Fsp3) is 0.286. The summed E-state index contributed by atoms with van der Waals surface area (Å²) in [5.74, 6) is 0. The first kappa shape index (κ1) is 28.9. The Bertz CT molecular complexity index is 2040. The minimum atomic E-state index is -0.327. The van der Waals surface area contributed by atoms with Gasteiger partial charge >= 0.3 is 0 Å². The monoisotopic (exact) mass is 668 g/mol. The predicted molar refractivity (Wildman–Crippen MR) is 197 cm³/mol. The van der Waals surface area contributed by atoms with Gasteiger partial charge in [-0.1, -0.05) is 71.8 Å². The molecule has 4 aliphatic carbocycles. The molecule has 0 N–H and O–H groups in total. The standard InChI is InChI=1S/C42H38Cl2N4/c43-33-13-15-35-37(45-21-1-2-22-45)17-25-47(39(35)27-33)41(29-5-6-30(41)8-7-29)19-20-42(31-9-10-32(42)12-11-31)48-26-18-38(46-23-3-4-24-46)36-16-14-34(44)28-40(36)48/h5-18,25-28H,1-4,19-24H2/q+2. The number of benzene rings is 2. The number of halogens is 2. The van der Waals surface area contributed by atoms with Gasteiger partial charge in [-0.15, -0.1) is 0 Å². The van der Waals surface area contributed by atoms with Crippen LogP contribution in [0.2, 0.25) is 10.0 Å². The number of nitrogens with zero attached hydrogens (tertiary/aromatic N) is 4. The lowest BCUT2D eigenvalue weighted by molar-refractivity contribution is -0.734. The summed E-state index contributed by atoms with van der Waals surface area (Å²) in [6, 6.07) is 17.6. The highest BCUT2D eigenvalue weighted by atomic mass is 35.5. The van der Waals surface area contributed by atoms with E-state index in [1.807, 2.05) is 0 Å². The molecule has 0 radical (unpaired) electrons. The van der Waals surface area contributed by atoms with E-state index in [-0.39, 0.29) is 11.1 Å². The summed E-state index contributed by atoms with van der Waals surface area (Å²) in [5.41, 5.74) is 9.73. The second kappa shape index (κ2) is 10.7. The topological polar surface area (TPSA) is 14.2 Å². The summed E-state index contributed by atoms with van der Waals surface area (Å²) >= 11 is 13.6. The average molecular weight is 670 g/mol. The van der Waals surface area contributed by atoms with E-state index >= 15 is 0 Å². The van der Waals surface area contributed by atoms with Gasteiger partial charge in [0.25, 0.3) is 0 Å². The first-order chi connectivity index (χ1) is 23.6. The molecule has 0 amide bonds. The molecule has 0 unspecified atom stereocenters. The first-order valence-corrected chi connectivity index (χ1v) is 18.3. The van der Waals surface area contributed by atoms with Gasteiger partial charge < -0.3 is 9.80 Å². The Balaban J connectivity index is 1.13. The van der Waals surface area contributed by atoms with E-state index in [1.165, 1.54) is 81.2 Å². The maximum atomic E-state index is 6.79. The van der Waals surface area contributed by atoms with Crippen molar-refractivity contribution < 1.29 is 9.13 Å². The van der Waals surface area contributed by atoms with Crippen molar-refractivity contribution in [2.45, 2.75) is 49.6 Å². The molecule has 238 valence electrons. The highest BCUT2D eigenvalue weighted by Gasteiger charge is 2.58. The van der Waals surface area contributed by atoms with Crippen molar-refractivity contribution in [3.05, 3.63) is 142 Å². The van der Waals surface area contributed by atoms with Gasteiger partial charge in [-0.3, -0.25) is 0 Å². The average Bonchev–Trinajstić information content (AvgIpc) is 3.98. The molecular formula is C42H38Cl2N4+2. The maximum absolute atomic E-state index is 6.79. The molecule has 4 heterocycles. The van der Waals surface area contributed by atoms with Crippen molar-refractivity contribution in [1.29, 1.82) is 0 Å². The van der Waals surface area contributed by atoms with E-state index in [4.69, 9.17) is 23.2 Å². The Hall–Kier alpha value is -4.12. The van der Waals surface area contributed by atoms with Gasteiger partial charge in [0.2, 0.25) is 22.1 Å². The molecule has 4 aromatic rings. The van der Waals surface area contributed by atoms with Crippen LogP contribution in [0.15, 0.2) is 132 Å². The Kier molecular flexibility index (Phi) is 6.43. The van der Waals surface area contributed by atoms with Crippen molar-refractivity contribution in [3.63, 3.8) is 0 Å². The van der Waals surface area contributed by atoms with Crippen LogP contribution < -0.4 is 18.9 Å². The van der Waals surface area contributed by atoms with E-state index in [9.17, 15) is 0 Å². The lowest BCUT2D eigenvalue weighted by atomic mass is 9.77. The highest BCUT2D eigenvalue weighted by molar-refractivity contribution is 6.31. The van der Waals surface area contributed by atoms with Crippen molar-refractivity contribution in [3.8, 4) is 0 Å². The molecule has 48 heavy (non-hydrogen) atoms. The summed E-state index contributed by atoms with van der Waals surface area (Å²) < 4.78 is 5.07. The van der Waals surface area contributed by atoms with Crippen molar-refractivity contribution in [1.82, 2.24) is 0 Å². The van der Waals surface area contributed by atoms with E-state index in [2.05, 4.69) is 128 Å². The van der Waals surface area contributed by atoms with Crippen molar-refractivity contribution in [2.75, 3.05) is 36.0 Å². The summed E-state index contributed by atoms with van der Waals surface area (Å²) in [4.78, 5) is 5.09. The fourth-order valence-electron chi connectivity index (χ4n) is 9.72. The van der Waals surface area contributed by atoms with Crippen molar-refractivity contribution >= 4 is 56.4 Å². The third kappa shape index (κ3) is 3.96. The Labute approximate surface area is 291 Å². The van der Waals surface area contributed by atoms with Crippen LogP contribution in [0.25, 0.3) is 21.8 Å². The molecule has 6 heteroatoms. The first-order valence-electron chi connectivity index (χ1n) is 17.6. The molecule has 2 saturated heterocycles. The van der Waals surface area contributed by atoms with Crippen LogP contribution in [0.1, 0.15) is 38.5 Å². The summed E-state index contributed by atoms with van der Waals surface area (Å²) in [6.07, 6.45) is 30.1. The van der Waals surface area contributed by atoms with E-state index in [1.54, 1.807) is 0 Å². The molecule has 0 saturated carbocycles. The van der Waals surface area contributed by atoms with Crippen LogP contribution in [-0.4, -0.2) is 26.2 Å². The molecule has 4 bridgehead atoms. The quantitative estimate of drug-likeness (QED) is 0.183. The third-order valence-electron chi connectivity index (χ3n) is 12.0. The van der Waals surface area contributed by atoms with Gasteiger partial charge in [-0.05, 0) is 49.9 Å². The lowest BCUT2D eigenvalue weighted by Crippen LogP contribution is -2.60. The third-order valence-corrected chi connectivity index (χ3v) is 12.5. The van der Waals surface area contributed by atoms with Crippen molar-refractivity contribution in [2.24, 2.45) is 0 Å². The van der Waals surface area contributed by atoms with Gasteiger partial charge in [0, 0.05) is 95.6 Å². The Morgan fingerprint density at radius 3 is 1.25 bits per heavy atom. The molecule has 6 aliphatic rings. The Morgan fingerprint density at radius 2 is 0.896 bits per heavy atom. The molecule has 0 atom stereocenters. The fourth-order valence-corrected chi connectivity index (χ4v) is 10.1. The zero-order valence-corrected chi connectivity index (χ0v) is 28.5. The van der Waals surface area contributed by atoms with Gasteiger partial charge in [0.05, 0.1) is 22.1 Å². The zero-order chi connectivity index (χ0) is 32.0. The number of pyridine rings is 2. The Morgan fingerprint density at radius 1 is 0.521 bits per heavy atom. The van der Waals surface area contributed by atoms with Gasteiger partial charge in [0.15, 0.2) is 12.4 Å². The van der Waals surface area contributed by atoms with Gasteiger partial charge in [-0.2, -0.15) is 9.13 Å². The van der Waals surface area contributed by atoms with E-state index in [0.29, 0.717) is 0 Å². The molecule has 4 nitrogen and oxygen atoms in total. The highest BCUT2D eigenvalue weighted by Crippen LogP contribution is 2.52. The van der Waals surface area contributed by atoms with Crippen LogP contribution >= 0.6 is 23.2 Å². The van der Waals surface area contributed by atoms with Gasteiger partial charge in [-0.25, -0.2) is 0 Å². The van der Waals surface area contributed by atoms with Gasteiger partial charge in [0.1, 0.15) is 0 Å². The molecule has 10 rings (SSSR count).